The van der Waals surface area contributed by atoms with E-state index in [0.29, 0.717) is 6.54 Å². The maximum atomic E-state index is 11.6. The van der Waals surface area contributed by atoms with Crippen molar-refractivity contribution in [2.75, 3.05) is 6.54 Å². The Morgan fingerprint density at radius 2 is 1.94 bits per heavy atom. The first kappa shape index (κ1) is 16.4. The Balaban J connectivity index is 4.29. The lowest BCUT2D eigenvalue weighted by molar-refractivity contribution is -0.136. The minimum absolute atomic E-state index is 0.283. The summed E-state index contributed by atoms with van der Waals surface area (Å²) < 4.78 is 25.5. The molecule has 0 aliphatic carbocycles. The predicted octanol–water partition coefficient (Wildman–Crippen LogP) is 1.60. The summed E-state index contributed by atoms with van der Waals surface area (Å²) in [5, 5.41) is 7.27. The molecule has 0 amide bonds. The van der Waals surface area contributed by atoms with Crippen LogP contribution in [0.1, 0.15) is 46.5 Å². The quantitative estimate of drug-likeness (QED) is 0.663. The second kappa shape index (κ2) is 7.66. The van der Waals surface area contributed by atoms with E-state index in [-0.39, 0.29) is 5.92 Å². The van der Waals surface area contributed by atoms with Gasteiger partial charge in [-0.05, 0) is 19.3 Å². The molecule has 0 aliphatic rings. The fourth-order valence-electron chi connectivity index (χ4n) is 1.44. The van der Waals surface area contributed by atoms with Crippen molar-refractivity contribution in [3.8, 4) is 0 Å². The van der Waals surface area contributed by atoms with Crippen LogP contribution in [0.3, 0.4) is 0 Å². The van der Waals surface area contributed by atoms with E-state index in [1.165, 1.54) is 6.92 Å². The van der Waals surface area contributed by atoms with Gasteiger partial charge in [0.15, 0.2) is 5.25 Å². The summed E-state index contributed by atoms with van der Waals surface area (Å²) in [7, 11) is -3.74. The molecule has 0 radical (unpaired) electrons. The zero-order valence-corrected chi connectivity index (χ0v) is 11.6. The first-order valence-corrected chi connectivity index (χ1v) is 7.61. The molecule has 0 fully saturated rings. The van der Waals surface area contributed by atoms with Gasteiger partial charge < -0.3 is 5.11 Å². The van der Waals surface area contributed by atoms with Crippen molar-refractivity contribution in [3.05, 3.63) is 0 Å². The molecule has 5 nitrogen and oxygen atoms in total. The average molecular weight is 265 g/mol. The summed E-state index contributed by atoms with van der Waals surface area (Å²) in [6.45, 7) is 5.60. The number of carboxylic acids is 1. The van der Waals surface area contributed by atoms with Crippen molar-refractivity contribution in [2.24, 2.45) is 5.92 Å². The molecule has 0 rings (SSSR count). The molecule has 0 heterocycles. The van der Waals surface area contributed by atoms with Gasteiger partial charge in [-0.2, -0.15) is 0 Å². The van der Waals surface area contributed by atoms with Crippen LogP contribution < -0.4 is 4.72 Å². The third kappa shape index (κ3) is 6.02. The van der Waals surface area contributed by atoms with E-state index in [0.717, 1.165) is 25.7 Å². The maximum absolute atomic E-state index is 11.6. The molecule has 6 heteroatoms. The average Bonchev–Trinajstić information content (AvgIpc) is 2.28. The maximum Gasteiger partial charge on any atom is 0.323 e. The molecule has 0 aliphatic heterocycles. The Morgan fingerprint density at radius 1 is 1.35 bits per heavy atom. The smallest absolute Gasteiger partial charge is 0.323 e. The van der Waals surface area contributed by atoms with Crippen molar-refractivity contribution in [1.82, 2.24) is 4.72 Å². The summed E-state index contributed by atoms with van der Waals surface area (Å²) in [4.78, 5) is 10.6. The monoisotopic (exact) mass is 265 g/mol. The number of rotatable bonds is 9. The van der Waals surface area contributed by atoms with Crippen LogP contribution in [0.2, 0.25) is 0 Å². The molecule has 0 saturated heterocycles. The van der Waals surface area contributed by atoms with Crippen LogP contribution in [0.25, 0.3) is 0 Å². The molecule has 102 valence electrons. The molecule has 0 aromatic rings. The van der Waals surface area contributed by atoms with Gasteiger partial charge in [-0.1, -0.05) is 33.1 Å². The van der Waals surface area contributed by atoms with Gasteiger partial charge in [-0.25, -0.2) is 13.1 Å². The minimum Gasteiger partial charge on any atom is -0.480 e. The van der Waals surface area contributed by atoms with E-state index < -0.39 is 21.2 Å². The molecule has 2 atom stereocenters. The highest BCUT2D eigenvalue weighted by molar-refractivity contribution is 7.90. The van der Waals surface area contributed by atoms with Crippen LogP contribution in [-0.4, -0.2) is 31.3 Å². The van der Waals surface area contributed by atoms with Crippen molar-refractivity contribution in [2.45, 2.75) is 51.7 Å². The van der Waals surface area contributed by atoms with Crippen molar-refractivity contribution in [1.29, 1.82) is 0 Å². The number of unbranched alkanes of at least 4 members (excludes halogenated alkanes) is 1. The molecule has 0 saturated carbocycles. The number of carboxylic acid groups (broad SMARTS) is 1. The molecular weight excluding hydrogens is 242 g/mol. The summed E-state index contributed by atoms with van der Waals surface area (Å²) in [5.41, 5.74) is 0. The minimum atomic E-state index is -3.74. The van der Waals surface area contributed by atoms with Gasteiger partial charge in [0.05, 0.1) is 0 Å². The standard InChI is InChI=1S/C11H23NO4S/c1-4-6-7-10(5-2)8-12-17(15,16)9(3)11(13)14/h9-10,12H,4-8H2,1-3H3,(H,13,14). The number of aliphatic carboxylic acids is 1. The molecule has 2 unspecified atom stereocenters. The van der Waals surface area contributed by atoms with E-state index >= 15 is 0 Å². The Bertz CT molecular complexity index is 326. The van der Waals surface area contributed by atoms with Gasteiger partial charge in [0.25, 0.3) is 0 Å². The normalized spacial score (nSPS) is 15.5. The van der Waals surface area contributed by atoms with E-state index in [1.807, 2.05) is 6.92 Å². The zero-order chi connectivity index (χ0) is 13.5. The molecule has 2 N–H and O–H groups in total. The third-order valence-electron chi connectivity index (χ3n) is 2.93. The number of carbonyl (C=O) groups is 1. The Labute approximate surface area is 104 Å². The molecule has 0 bridgehead atoms. The lowest BCUT2D eigenvalue weighted by atomic mass is 10.00. The van der Waals surface area contributed by atoms with Crippen LogP contribution >= 0.6 is 0 Å². The zero-order valence-electron chi connectivity index (χ0n) is 10.8. The first-order valence-electron chi connectivity index (χ1n) is 6.06. The van der Waals surface area contributed by atoms with Crippen LogP contribution in [0, 0.1) is 5.92 Å². The SMILES string of the molecule is CCCCC(CC)CNS(=O)(=O)C(C)C(=O)O. The molecule has 0 aromatic carbocycles. The van der Waals surface area contributed by atoms with Crippen LogP contribution in [0.15, 0.2) is 0 Å². The van der Waals surface area contributed by atoms with Gasteiger partial charge in [-0.15, -0.1) is 0 Å². The van der Waals surface area contributed by atoms with Crippen molar-refractivity contribution in [3.63, 3.8) is 0 Å². The van der Waals surface area contributed by atoms with Crippen LogP contribution in [0.5, 0.6) is 0 Å². The number of hydrogen-bond donors (Lipinski definition) is 2. The second-order valence-corrected chi connectivity index (χ2v) is 6.38. The number of sulfonamides is 1. The highest BCUT2D eigenvalue weighted by Crippen LogP contribution is 2.12. The van der Waals surface area contributed by atoms with Gasteiger partial charge in [0.2, 0.25) is 10.0 Å². The van der Waals surface area contributed by atoms with E-state index in [4.69, 9.17) is 5.11 Å². The fourth-order valence-corrected chi connectivity index (χ4v) is 2.42. The topological polar surface area (TPSA) is 83.5 Å². The number of hydrogen-bond acceptors (Lipinski definition) is 3. The van der Waals surface area contributed by atoms with E-state index in [1.54, 1.807) is 0 Å². The molecule has 0 aromatic heterocycles. The van der Waals surface area contributed by atoms with Crippen LogP contribution in [-0.2, 0) is 14.8 Å². The lowest BCUT2D eigenvalue weighted by Crippen LogP contribution is -2.39. The summed E-state index contributed by atoms with van der Waals surface area (Å²) in [6, 6.07) is 0. The first-order chi connectivity index (χ1) is 7.85. The van der Waals surface area contributed by atoms with Crippen molar-refractivity contribution >= 4 is 16.0 Å². The van der Waals surface area contributed by atoms with Gasteiger partial charge in [0, 0.05) is 6.54 Å². The van der Waals surface area contributed by atoms with Gasteiger partial charge in [-0.3, -0.25) is 4.79 Å². The predicted molar refractivity (Wildman–Crippen MR) is 67.3 cm³/mol. The fraction of sp³-hybridized carbons (Fsp3) is 0.909. The third-order valence-corrected chi connectivity index (χ3v) is 4.63. The summed E-state index contributed by atoms with van der Waals surface area (Å²) in [6.07, 6.45) is 4.00. The molecule has 0 spiro atoms. The van der Waals surface area contributed by atoms with E-state index in [9.17, 15) is 13.2 Å². The van der Waals surface area contributed by atoms with Crippen LogP contribution in [0.4, 0.5) is 0 Å². The number of nitrogens with one attached hydrogen (secondary N) is 1. The lowest BCUT2D eigenvalue weighted by Gasteiger charge is -2.16. The Morgan fingerprint density at radius 3 is 2.35 bits per heavy atom. The van der Waals surface area contributed by atoms with Gasteiger partial charge >= 0.3 is 5.97 Å². The largest absolute Gasteiger partial charge is 0.480 e. The molecular formula is C11H23NO4S. The summed E-state index contributed by atoms with van der Waals surface area (Å²) in [5.74, 6) is -1.04. The summed E-state index contributed by atoms with van der Waals surface area (Å²) >= 11 is 0. The highest BCUT2D eigenvalue weighted by atomic mass is 32.2. The molecule has 17 heavy (non-hydrogen) atoms. The van der Waals surface area contributed by atoms with Gasteiger partial charge in [0.1, 0.15) is 0 Å². The Kier molecular flexibility index (Phi) is 7.38. The Hall–Kier alpha value is -0.620. The second-order valence-electron chi connectivity index (χ2n) is 4.29. The highest BCUT2D eigenvalue weighted by Gasteiger charge is 2.27. The van der Waals surface area contributed by atoms with Crippen molar-refractivity contribution < 1.29 is 18.3 Å². The van der Waals surface area contributed by atoms with E-state index in [2.05, 4.69) is 11.6 Å².